The minimum absolute atomic E-state index is 0.0315. The third kappa shape index (κ3) is 6.29. The number of benzene rings is 3. The molecule has 0 aliphatic carbocycles. The molecule has 0 aliphatic rings. The van der Waals surface area contributed by atoms with Crippen LogP contribution in [-0.4, -0.2) is 42.8 Å². The fraction of sp³-hybridized carbons (Fsp3) is 0.258. The highest BCUT2D eigenvalue weighted by molar-refractivity contribution is 6.05. The van der Waals surface area contributed by atoms with Crippen LogP contribution < -0.4 is 15.5 Å². The van der Waals surface area contributed by atoms with Crippen LogP contribution in [0.1, 0.15) is 64.3 Å². The molecule has 0 saturated heterocycles. The maximum Gasteiger partial charge on any atom is 0.255 e. The molecule has 0 spiro atoms. The van der Waals surface area contributed by atoms with Gasteiger partial charge in [0.25, 0.3) is 17.7 Å². The topological polar surface area (TPSA) is 81.8 Å². The molecule has 0 aromatic heterocycles. The van der Waals surface area contributed by atoms with Gasteiger partial charge in [0.05, 0.1) is 0 Å². The molecule has 0 aliphatic heterocycles. The molecule has 3 aromatic rings. The van der Waals surface area contributed by atoms with Gasteiger partial charge in [0.15, 0.2) is 0 Å². The lowest BCUT2D eigenvalue weighted by molar-refractivity contribution is 0.0772. The zero-order valence-corrected chi connectivity index (χ0v) is 23.0. The van der Waals surface area contributed by atoms with Crippen molar-refractivity contribution in [3.63, 3.8) is 0 Å². The second kappa shape index (κ2) is 12.7. The molecule has 0 atom stereocenters. The van der Waals surface area contributed by atoms with Crippen molar-refractivity contribution in [3.05, 3.63) is 101 Å². The highest BCUT2D eigenvalue weighted by Gasteiger charge is 2.18. The number of nitrogens with one attached hydrogen (secondary N) is 2. The van der Waals surface area contributed by atoms with Crippen molar-refractivity contribution in [3.8, 4) is 0 Å². The fourth-order valence-electron chi connectivity index (χ4n) is 4.18. The number of aryl methyl sites for hydroxylation is 1. The number of amides is 3. The number of allylic oxidation sites excluding steroid dienone is 2. The van der Waals surface area contributed by atoms with E-state index in [1.165, 1.54) is 0 Å². The molecular formula is C31H36N4O3. The molecule has 0 saturated carbocycles. The molecule has 198 valence electrons. The van der Waals surface area contributed by atoms with E-state index < -0.39 is 0 Å². The molecule has 0 heterocycles. The van der Waals surface area contributed by atoms with Gasteiger partial charge in [0.2, 0.25) is 0 Å². The zero-order chi connectivity index (χ0) is 27.8. The van der Waals surface area contributed by atoms with Gasteiger partial charge in [-0.3, -0.25) is 14.4 Å². The Morgan fingerprint density at radius 3 is 2.08 bits per heavy atom. The van der Waals surface area contributed by atoms with Gasteiger partial charge >= 0.3 is 0 Å². The number of hydrogen-bond acceptors (Lipinski definition) is 4. The highest BCUT2D eigenvalue weighted by Crippen LogP contribution is 2.34. The number of carbonyl (C=O) groups is 3. The summed E-state index contributed by atoms with van der Waals surface area (Å²) in [4.78, 5) is 41.8. The first-order valence-electron chi connectivity index (χ1n) is 12.8. The first-order valence-corrected chi connectivity index (χ1v) is 12.8. The SMILES string of the molecule is C/C=C(/C)N(c1cccc(C(=O)NC)c1)c1cc(C(=O)Nc2ccc(C(=O)N(CC)CC)cc2)ccc1C. The summed E-state index contributed by atoms with van der Waals surface area (Å²) in [6.45, 7) is 11.1. The Balaban J connectivity index is 1.91. The summed E-state index contributed by atoms with van der Waals surface area (Å²) in [5.41, 5.74) is 5.81. The molecule has 3 rings (SSSR count). The molecule has 3 aromatic carbocycles. The fourth-order valence-corrected chi connectivity index (χ4v) is 4.18. The number of carbonyl (C=O) groups excluding carboxylic acids is 3. The van der Waals surface area contributed by atoms with Crippen LogP contribution in [0.4, 0.5) is 17.1 Å². The van der Waals surface area contributed by atoms with Crippen LogP contribution in [-0.2, 0) is 0 Å². The second-order valence-corrected chi connectivity index (χ2v) is 8.91. The van der Waals surface area contributed by atoms with Crippen molar-refractivity contribution < 1.29 is 14.4 Å². The normalized spacial score (nSPS) is 11.1. The summed E-state index contributed by atoms with van der Waals surface area (Å²) in [6.07, 6.45) is 1.99. The van der Waals surface area contributed by atoms with E-state index in [9.17, 15) is 14.4 Å². The van der Waals surface area contributed by atoms with E-state index in [-0.39, 0.29) is 17.7 Å². The van der Waals surface area contributed by atoms with Gasteiger partial charge in [-0.25, -0.2) is 0 Å². The van der Waals surface area contributed by atoms with Crippen molar-refractivity contribution in [1.82, 2.24) is 10.2 Å². The minimum Gasteiger partial charge on any atom is -0.355 e. The Morgan fingerprint density at radius 1 is 0.842 bits per heavy atom. The zero-order valence-electron chi connectivity index (χ0n) is 23.0. The molecular weight excluding hydrogens is 476 g/mol. The van der Waals surface area contributed by atoms with Crippen LogP contribution in [0, 0.1) is 6.92 Å². The van der Waals surface area contributed by atoms with Crippen molar-refractivity contribution in [1.29, 1.82) is 0 Å². The lowest BCUT2D eigenvalue weighted by Crippen LogP contribution is -2.30. The van der Waals surface area contributed by atoms with Crippen molar-refractivity contribution >= 4 is 34.8 Å². The Morgan fingerprint density at radius 2 is 1.47 bits per heavy atom. The first kappa shape index (κ1) is 28.2. The third-order valence-corrected chi connectivity index (χ3v) is 6.52. The van der Waals surface area contributed by atoms with Crippen LogP contribution in [0.3, 0.4) is 0 Å². The van der Waals surface area contributed by atoms with Gasteiger partial charge in [-0.1, -0.05) is 18.2 Å². The molecule has 0 bridgehead atoms. The number of nitrogens with zero attached hydrogens (tertiary/aromatic N) is 2. The van der Waals surface area contributed by atoms with E-state index >= 15 is 0 Å². The second-order valence-electron chi connectivity index (χ2n) is 8.91. The van der Waals surface area contributed by atoms with E-state index in [4.69, 9.17) is 0 Å². The predicted octanol–water partition coefficient (Wildman–Crippen LogP) is 6.15. The largest absolute Gasteiger partial charge is 0.355 e. The van der Waals surface area contributed by atoms with Crippen LogP contribution in [0.2, 0.25) is 0 Å². The van der Waals surface area contributed by atoms with E-state index in [2.05, 4.69) is 10.6 Å². The minimum atomic E-state index is -0.258. The number of anilines is 3. The predicted molar refractivity (Wildman–Crippen MR) is 154 cm³/mol. The summed E-state index contributed by atoms with van der Waals surface area (Å²) >= 11 is 0. The number of rotatable bonds is 9. The molecule has 0 unspecified atom stereocenters. The van der Waals surface area contributed by atoms with Gasteiger partial charge < -0.3 is 20.4 Å². The van der Waals surface area contributed by atoms with Gasteiger partial charge in [-0.05, 0) is 94.8 Å². The highest BCUT2D eigenvalue weighted by atomic mass is 16.2. The summed E-state index contributed by atoms with van der Waals surface area (Å²) in [5, 5.41) is 5.60. The molecule has 7 heteroatoms. The Labute approximate surface area is 225 Å². The van der Waals surface area contributed by atoms with Crippen LogP contribution in [0.25, 0.3) is 0 Å². The van der Waals surface area contributed by atoms with Crippen molar-refractivity contribution in [2.75, 3.05) is 30.4 Å². The van der Waals surface area contributed by atoms with E-state index in [0.29, 0.717) is 35.5 Å². The van der Waals surface area contributed by atoms with E-state index in [0.717, 1.165) is 22.6 Å². The Hall–Kier alpha value is -4.39. The maximum atomic E-state index is 13.2. The van der Waals surface area contributed by atoms with Gasteiger partial charge in [0, 0.05) is 59.6 Å². The molecule has 2 N–H and O–H groups in total. The summed E-state index contributed by atoms with van der Waals surface area (Å²) in [7, 11) is 1.60. The summed E-state index contributed by atoms with van der Waals surface area (Å²) < 4.78 is 0. The maximum absolute atomic E-state index is 13.2. The number of hydrogen-bond donors (Lipinski definition) is 2. The standard InChI is InChI=1S/C31H36N4O3/c1-7-22(5)35(27-12-10-11-24(19-27)29(36)32-6)28-20-25(14-13-21(28)4)30(37)33-26-17-15-23(16-18-26)31(38)34(8-2)9-3/h7,10-20H,8-9H2,1-6H3,(H,32,36)(H,33,37)/b22-7-. The molecule has 7 nitrogen and oxygen atoms in total. The quantitative estimate of drug-likeness (QED) is 0.360. The average molecular weight is 513 g/mol. The van der Waals surface area contributed by atoms with Crippen molar-refractivity contribution in [2.24, 2.45) is 0 Å². The monoisotopic (exact) mass is 512 g/mol. The van der Waals surface area contributed by atoms with Gasteiger partial charge in [-0.15, -0.1) is 0 Å². The van der Waals surface area contributed by atoms with Gasteiger partial charge in [0.1, 0.15) is 0 Å². The average Bonchev–Trinajstić information content (AvgIpc) is 2.94. The first-order chi connectivity index (χ1) is 18.2. The molecule has 3 amide bonds. The smallest absolute Gasteiger partial charge is 0.255 e. The molecule has 38 heavy (non-hydrogen) atoms. The summed E-state index contributed by atoms with van der Waals surface area (Å²) in [6, 6.07) is 19.9. The molecule has 0 fully saturated rings. The lowest BCUT2D eigenvalue weighted by atomic mass is 10.1. The summed E-state index contributed by atoms with van der Waals surface area (Å²) in [5.74, 6) is -0.457. The Kier molecular flexibility index (Phi) is 9.44. The lowest BCUT2D eigenvalue weighted by Gasteiger charge is -2.28. The van der Waals surface area contributed by atoms with Crippen LogP contribution in [0.15, 0.2) is 78.5 Å². The van der Waals surface area contributed by atoms with E-state index in [1.54, 1.807) is 48.3 Å². The van der Waals surface area contributed by atoms with Crippen molar-refractivity contribution in [2.45, 2.75) is 34.6 Å². The van der Waals surface area contributed by atoms with Crippen LogP contribution in [0.5, 0.6) is 0 Å². The molecule has 0 radical (unpaired) electrons. The van der Waals surface area contributed by atoms with Gasteiger partial charge in [-0.2, -0.15) is 0 Å². The Bertz CT molecular complexity index is 1340. The van der Waals surface area contributed by atoms with E-state index in [1.807, 2.05) is 75.9 Å². The third-order valence-electron chi connectivity index (χ3n) is 6.52. The van der Waals surface area contributed by atoms with Crippen LogP contribution >= 0.6 is 0 Å².